The predicted molar refractivity (Wildman–Crippen MR) is 242 cm³/mol. The van der Waals surface area contributed by atoms with Gasteiger partial charge in [-0.05, 0) is 59.0 Å². The lowest BCUT2D eigenvalue weighted by Gasteiger charge is -2.15. The first kappa shape index (κ1) is 42.9. The lowest BCUT2D eigenvalue weighted by molar-refractivity contribution is 0.0686. The van der Waals surface area contributed by atoms with Crippen LogP contribution in [0.15, 0.2) is 158 Å². The first-order chi connectivity index (χ1) is 30.3. The van der Waals surface area contributed by atoms with E-state index in [0.717, 1.165) is 27.9 Å². The molecule has 0 bridgehead atoms. The third-order valence-electron chi connectivity index (χ3n) is 10.6. The lowest BCUT2D eigenvalue weighted by Crippen LogP contribution is -2.09. The molecule has 12 heteroatoms. The molecule has 0 atom stereocenters. The number of phenolic OH excluding ortho intramolecular Hbond substituents is 3. The van der Waals surface area contributed by atoms with E-state index >= 15 is 0 Å². The molecule has 0 fully saturated rings. The smallest absolute Gasteiger partial charge is 0.338 e. The maximum Gasteiger partial charge on any atom is 0.338 e. The summed E-state index contributed by atoms with van der Waals surface area (Å²) in [6.07, 6.45) is 3.18. The van der Waals surface area contributed by atoms with Crippen LogP contribution in [0.4, 0.5) is 0 Å². The predicted octanol–water partition coefficient (Wildman–Crippen LogP) is 10.4. The topological polar surface area (TPSA) is 187 Å². The van der Waals surface area contributed by atoms with Crippen molar-refractivity contribution in [1.82, 2.24) is 13.7 Å². The van der Waals surface area contributed by atoms with Crippen molar-refractivity contribution in [1.29, 1.82) is 0 Å². The molecule has 12 nitrogen and oxygen atoms in total. The van der Waals surface area contributed by atoms with Crippen molar-refractivity contribution in [3.8, 4) is 17.2 Å². The van der Waals surface area contributed by atoms with Gasteiger partial charge in [0.25, 0.3) is 0 Å². The van der Waals surface area contributed by atoms with Gasteiger partial charge in [-0.3, -0.25) is 0 Å². The van der Waals surface area contributed by atoms with E-state index in [9.17, 15) is 45.0 Å². The number of phenols is 3. The van der Waals surface area contributed by atoms with Crippen molar-refractivity contribution in [2.24, 2.45) is 0 Å². The normalized spacial score (nSPS) is 11.0. The Kier molecular flexibility index (Phi) is 12.6. The van der Waals surface area contributed by atoms with Gasteiger partial charge in [-0.1, -0.05) is 123 Å². The highest BCUT2D eigenvalue weighted by atomic mass is 16.4. The molecule has 9 rings (SSSR count). The fraction of sp³-hybridized carbons (Fsp3) is 0.118. The molecule has 0 aliphatic heterocycles. The first-order valence-electron chi connectivity index (χ1n) is 20.1. The zero-order valence-electron chi connectivity index (χ0n) is 34.5. The van der Waals surface area contributed by atoms with Crippen LogP contribution in [0.2, 0.25) is 0 Å². The second-order valence-corrected chi connectivity index (χ2v) is 15.3. The van der Waals surface area contributed by atoms with Crippen molar-refractivity contribution < 1.29 is 45.0 Å². The Balaban J connectivity index is 0.000000142. The molecular formula is C51H45N3O9. The monoisotopic (exact) mass is 843 g/mol. The highest BCUT2D eigenvalue weighted by Gasteiger charge is 2.26. The Labute approximate surface area is 362 Å². The minimum atomic E-state index is -1.04. The van der Waals surface area contributed by atoms with Gasteiger partial charge in [0.1, 0.15) is 17.2 Å². The maximum absolute atomic E-state index is 11.8. The lowest BCUT2D eigenvalue weighted by atomic mass is 10.0. The number of carboxylic acids is 3. The molecule has 0 amide bonds. The number of carbonyl (C=O) groups is 3. The fourth-order valence-corrected chi connectivity index (χ4v) is 7.94. The summed E-state index contributed by atoms with van der Waals surface area (Å²) >= 11 is 0. The minimum absolute atomic E-state index is 0.00767. The summed E-state index contributed by atoms with van der Waals surface area (Å²) in [6, 6.07) is 44.3. The Morgan fingerprint density at radius 1 is 0.508 bits per heavy atom. The molecular weight excluding hydrogens is 799 g/mol. The highest BCUT2D eigenvalue weighted by Crippen LogP contribution is 2.37. The molecule has 6 aromatic carbocycles. The number of aromatic hydroxyl groups is 3. The molecule has 0 aliphatic rings. The summed E-state index contributed by atoms with van der Waals surface area (Å²) < 4.78 is 5.65. The van der Waals surface area contributed by atoms with Crippen LogP contribution in [0, 0.1) is 0 Å². The Hall–Kier alpha value is -8.25. The highest BCUT2D eigenvalue weighted by molar-refractivity contribution is 6.07. The van der Waals surface area contributed by atoms with Gasteiger partial charge < -0.3 is 44.3 Å². The summed E-state index contributed by atoms with van der Waals surface area (Å²) in [7, 11) is 0. The van der Waals surface area contributed by atoms with E-state index in [1.807, 2.05) is 125 Å². The third kappa shape index (κ3) is 9.25. The van der Waals surface area contributed by atoms with Crippen molar-refractivity contribution >= 4 is 50.6 Å². The van der Waals surface area contributed by atoms with Crippen molar-refractivity contribution in [2.75, 3.05) is 0 Å². The number of para-hydroxylation sites is 1. The van der Waals surface area contributed by atoms with Crippen molar-refractivity contribution in [2.45, 2.75) is 39.4 Å². The van der Waals surface area contributed by atoms with E-state index in [2.05, 4.69) is 0 Å². The third-order valence-corrected chi connectivity index (χ3v) is 10.6. The SMILES string of the molecule is CC(C)c1c(C(=O)O)c2cccc(O)c2n1Cc1ccccc1.O=C(O)c1cn(Cc2ccccc2)c2ccc(O)cc12.O=C(O)c1cn(Cc2ccccc2)c2cccc(O)c12. The van der Waals surface area contributed by atoms with Crippen LogP contribution in [-0.2, 0) is 19.6 Å². The molecule has 0 unspecified atom stereocenters. The Morgan fingerprint density at radius 3 is 1.56 bits per heavy atom. The van der Waals surface area contributed by atoms with Gasteiger partial charge >= 0.3 is 17.9 Å². The number of hydrogen-bond acceptors (Lipinski definition) is 6. The summed E-state index contributed by atoms with van der Waals surface area (Å²) in [5, 5.41) is 59.5. The van der Waals surface area contributed by atoms with Crippen LogP contribution in [0.3, 0.4) is 0 Å². The molecule has 3 aromatic heterocycles. The number of aromatic nitrogens is 3. The number of aromatic carboxylic acids is 3. The van der Waals surface area contributed by atoms with Crippen LogP contribution in [0.1, 0.15) is 73.2 Å². The molecule has 0 aliphatic carbocycles. The quantitative estimate of drug-likeness (QED) is 0.0779. The summed E-state index contributed by atoms with van der Waals surface area (Å²) in [5.74, 6) is -2.81. The number of benzene rings is 6. The van der Waals surface area contributed by atoms with Gasteiger partial charge in [-0.2, -0.15) is 0 Å². The van der Waals surface area contributed by atoms with Crippen molar-refractivity contribution in [3.63, 3.8) is 0 Å². The van der Waals surface area contributed by atoms with Gasteiger partial charge in [0.2, 0.25) is 0 Å². The maximum atomic E-state index is 11.8. The van der Waals surface area contributed by atoms with E-state index in [1.165, 1.54) is 12.1 Å². The molecule has 0 saturated carbocycles. The molecule has 63 heavy (non-hydrogen) atoms. The summed E-state index contributed by atoms with van der Waals surface area (Å²) in [4.78, 5) is 34.4. The van der Waals surface area contributed by atoms with Gasteiger partial charge in [0.15, 0.2) is 0 Å². The van der Waals surface area contributed by atoms with Gasteiger partial charge in [0.05, 0.1) is 33.1 Å². The number of fused-ring (bicyclic) bond motifs is 3. The second kappa shape index (κ2) is 18.6. The zero-order valence-corrected chi connectivity index (χ0v) is 34.5. The number of carboxylic acid groups (broad SMARTS) is 3. The van der Waals surface area contributed by atoms with Gasteiger partial charge in [-0.15, -0.1) is 0 Å². The van der Waals surface area contributed by atoms with E-state index in [0.29, 0.717) is 46.8 Å². The average Bonchev–Trinajstić information content (AvgIpc) is 3.93. The first-order valence-corrected chi connectivity index (χ1v) is 20.1. The van der Waals surface area contributed by atoms with Crippen molar-refractivity contribution in [3.05, 3.63) is 197 Å². The summed E-state index contributed by atoms with van der Waals surface area (Å²) in [6.45, 7) is 5.62. The molecule has 0 radical (unpaired) electrons. The fourth-order valence-electron chi connectivity index (χ4n) is 7.94. The number of rotatable bonds is 10. The molecule has 3 heterocycles. The summed E-state index contributed by atoms with van der Waals surface area (Å²) in [5.41, 5.74) is 6.65. The molecule has 9 aromatic rings. The second-order valence-electron chi connectivity index (χ2n) is 15.3. The van der Waals surface area contributed by atoms with Crippen LogP contribution >= 0.6 is 0 Å². The van der Waals surface area contributed by atoms with E-state index in [-0.39, 0.29) is 39.9 Å². The number of nitrogens with zero attached hydrogens (tertiary/aromatic N) is 3. The van der Waals surface area contributed by atoms with Crippen LogP contribution in [0.5, 0.6) is 17.2 Å². The van der Waals surface area contributed by atoms with Crippen LogP contribution in [-0.4, -0.2) is 62.2 Å². The van der Waals surface area contributed by atoms with Crippen LogP contribution < -0.4 is 0 Å². The van der Waals surface area contributed by atoms with Gasteiger partial charge in [-0.25, -0.2) is 14.4 Å². The standard InChI is InChI=1S/C19H19NO3.2C16H13NO3/c1-12(2)17-16(19(22)23)14-9-6-10-15(21)18(14)20(17)11-13-7-4-3-5-8-13;18-14-8-4-7-13-15(14)12(16(19)20)10-17(13)9-11-5-2-1-3-6-11;18-12-6-7-15-13(8-12)14(16(19)20)10-17(15)9-11-4-2-1-3-5-11/h3-10,12,21H,11H2,1-2H3,(H,22,23);2*1-8,10,18H,9H2,(H,19,20). The molecule has 0 saturated heterocycles. The zero-order chi connectivity index (χ0) is 44.8. The van der Waals surface area contributed by atoms with Gasteiger partial charge in [0, 0.05) is 54.0 Å². The Morgan fingerprint density at radius 2 is 1.02 bits per heavy atom. The minimum Gasteiger partial charge on any atom is -0.508 e. The van der Waals surface area contributed by atoms with E-state index < -0.39 is 17.9 Å². The van der Waals surface area contributed by atoms with E-state index in [4.69, 9.17) is 0 Å². The van der Waals surface area contributed by atoms with E-state index in [1.54, 1.807) is 48.8 Å². The molecule has 0 spiro atoms. The molecule has 6 N–H and O–H groups in total. The molecule has 318 valence electrons. The number of hydrogen-bond donors (Lipinski definition) is 6. The average molecular weight is 844 g/mol. The van der Waals surface area contributed by atoms with Crippen LogP contribution in [0.25, 0.3) is 32.7 Å². The largest absolute Gasteiger partial charge is 0.508 e. The Bertz CT molecular complexity index is 3080.